The number of nitrogens with one attached hydrogen (secondary N) is 1. The van der Waals surface area contributed by atoms with Crippen LogP contribution >= 0.6 is 11.6 Å². The molecule has 37 heavy (non-hydrogen) atoms. The molecule has 1 amide bonds. The Morgan fingerprint density at radius 1 is 1.00 bits per heavy atom. The normalized spacial score (nSPS) is 11.8. The Labute approximate surface area is 220 Å². The summed E-state index contributed by atoms with van der Waals surface area (Å²) < 4.78 is 5.17. The molecule has 4 aromatic rings. The number of hydrogen-bond acceptors (Lipinski definition) is 5. The second-order valence-electron chi connectivity index (χ2n) is 9.00. The number of fused-ring (bicyclic) bond motifs is 1. The minimum Gasteiger partial charge on any atom is -0.497 e. The minimum absolute atomic E-state index is 0.0110. The maximum Gasteiger partial charge on any atom is 0.303 e. The molecule has 0 aliphatic carbocycles. The minimum atomic E-state index is -0.819. The molecule has 1 atom stereocenters. The second-order valence-corrected chi connectivity index (χ2v) is 9.44. The summed E-state index contributed by atoms with van der Waals surface area (Å²) in [6, 6.07) is 20.2. The average molecular weight is 518 g/mol. The molecule has 8 heteroatoms. The SMILES string of the molecule is COc1ccc(CNC(=O)c2ccc3nc(-c4ccc(Cl)cc4)c(CCC(C)CC(=O)O)nc3c2)cc1. The number of carbonyl (C=O) groups is 2. The van der Waals surface area contributed by atoms with E-state index in [2.05, 4.69) is 5.32 Å². The van der Waals surface area contributed by atoms with Gasteiger partial charge in [-0.3, -0.25) is 9.59 Å². The summed E-state index contributed by atoms with van der Waals surface area (Å²) in [5.41, 5.74) is 5.07. The topological polar surface area (TPSA) is 101 Å². The summed E-state index contributed by atoms with van der Waals surface area (Å²) in [4.78, 5) is 33.7. The molecule has 0 aliphatic rings. The van der Waals surface area contributed by atoms with Crippen LogP contribution in [0, 0.1) is 5.92 Å². The molecule has 0 aliphatic heterocycles. The number of halogens is 1. The molecule has 7 nitrogen and oxygen atoms in total. The number of hydrogen-bond donors (Lipinski definition) is 2. The summed E-state index contributed by atoms with van der Waals surface area (Å²) in [6.07, 6.45) is 1.30. The van der Waals surface area contributed by atoms with Crippen LogP contribution in [0.15, 0.2) is 66.7 Å². The van der Waals surface area contributed by atoms with Crippen molar-refractivity contribution in [1.29, 1.82) is 0 Å². The zero-order valence-electron chi connectivity index (χ0n) is 20.7. The smallest absolute Gasteiger partial charge is 0.303 e. The number of aromatic nitrogens is 2. The fraction of sp³-hybridized carbons (Fsp3) is 0.241. The number of carbonyl (C=O) groups excluding carboxylic acids is 1. The van der Waals surface area contributed by atoms with Crippen molar-refractivity contribution < 1.29 is 19.4 Å². The van der Waals surface area contributed by atoms with Crippen LogP contribution in [0.4, 0.5) is 0 Å². The maximum absolute atomic E-state index is 12.9. The first kappa shape index (κ1) is 26.1. The van der Waals surface area contributed by atoms with Crippen molar-refractivity contribution in [3.8, 4) is 17.0 Å². The van der Waals surface area contributed by atoms with E-state index >= 15 is 0 Å². The van der Waals surface area contributed by atoms with Gasteiger partial charge in [0.25, 0.3) is 5.91 Å². The van der Waals surface area contributed by atoms with Crippen molar-refractivity contribution in [2.45, 2.75) is 32.7 Å². The van der Waals surface area contributed by atoms with Crippen molar-refractivity contribution in [2.24, 2.45) is 5.92 Å². The van der Waals surface area contributed by atoms with E-state index in [1.165, 1.54) is 0 Å². The highest BCUT2D eigenvalue weighted by molar-refractivity contribution is 6.30. The van der Waals surface area contributed by atoms with Crippen LogP contribution in [0.25, 0.3) is 22.3 Å². The number of aryl methyl sites for hydroxylation is 1. The second kappa shape index (κ2) is 11.8. The lowest BCUT2D eigenvalue weighted by molar-refractivity contribution is -0.138. The van der Waals surface area contributed by atoms with E-state index in [1.807, 2.05) is 43.3 Å². The van der Waals surface area contributed by atoms with E-state index in [9.17, 15) is 9.59 Å². The van der Waals surface area contributed by atoms with Gasteiger partial charge in [0.1, 0.15) is 5.75 Å². The van der Waals surface area contributed by atoms with E-state index in [-0.39, 0.29) is 18.2 Å². The number of methoxy groups -OCH3 is 1. The quantitative estimate of drug-likeness (QED) is 0.270. The van der Waals surface area contributed by atoms with Crippen LogP contribution in [-0.2, 0) is 17.8 Å². The van der Waals surface area contributed by atoms with Crippen LogP contribution in [0.3, 0.4) is 0 Å². The van der Waals surface area contributed by atoms with E-state index in [0.717, 1.165) is 28.3 Å². The molecule has 1 aromatic heterocycles. The molecule has 0 saturated heterocycles. The Balaban J connectivity index is 1.59. The first-order valence-electron chi connectivity index (χ1n) is 12.0. The number of amides is 1. The van der Waals surface area contributed by atoms with Gasteiger partial charge in [0.15, 0.2) is 0 Å². The molecule has 0 fully saturated rings. The Kier molecular flexibility index (Phi) is 8.36. The highest BCUT2D eigenvalue weighted by atomic mass is 35.5. The van der Waals surface area contributed by atoms with E-state index in [4.69, 9.17) is 31.4 Å². The number of nitrogens with zero attached hydrogens (tertiary/aromatic N) is 2. The average Bonchev–Trinajstić information content (AvgIpc) is 2.90. The van der Waals surface area contributed by atoms with Gasteiger partial charge in [-0.2, -0.15) is 0 Å². The molecule has 2 N–H and O–H groups in total. The monoisotopic (exact) mass is 517 g/mol. The third kappa shape index (κ3) is 6.83. The van der Waals surface area contributed by atoms with Crippen molar-refractivity contribution in [2.75, 3.05) is 7.11 Å². The van der Waals surface area contributed by atoms with Gasteiger partial charge >= 0.3 is 5.97 Å². The summed E-state index contributed by atoms with van der Waals surface area (Å²) in [6.45, 7) is 2.30. The number of carboxylic acid groups (broad SMARTS) is 1. The molecule has 3 aromatic carbocycles. The predicted octanol–water partition coefficient (Wildman–Crippen LogP) is 5.93. The van der Waals surface area contributed by atoms with E-state index in [1.54, 1.807) is 37.4 Å². The standard InChI is InChI=1S/C29H28ClN3O4/c1-18(15-27(34)35)3-13-25-28(20-6-9-22(30)10-7-20)33-24-14-8-21(16-26(24)32-25)29(36)31-17-19-4-11-23(37-2)12-5-19/h4-12,14,16,18H,3,13,15,17H2,1-2H3,(H,31,36)(H,34,35). The maximum atomic E-state index is 12.9. The fourth-order valence-electron chi connectivity index (χ4n) is 4.06. The Bertz CT molecular complexity index is 1410. The van der Waals surface area contributed by atoms with Crippen molar-refractivity contribution in [3.63, 3.8) is 0 Å². The summed E-state index contributed by atoms with van der Waals surface area (Å²) in [5, 5.41) is 12.7. The lowest BCUT2D eigenvalue weighted by Gasteiger charge is -2.13. The van der Waals surface area contributed by atoms with Crippen molar-refractivity contribution in [3.05, 3.63) is 88.6 Å². The third-order valence-electron chi connectivity index (χ3n) is 6.13. The molecule has 0 saturated carbocycles. The Morgan fingerprint density at radius 2 is 1.73 bits per heavy atom. The van der Waals surface area contributed by atoms with E-state index < -0.39 is 5.97 Å². The van der Waals surface area contributed by atoms with Crippen LogP contribution in [0.2, 0.25) is 5.02 Å². The summed E-state index contributed by atoms with van der Waals surface area (Å²) in [7, 11) is 1.61. The lowest BCUT2D eigenvalue weighted by atomic mass is 9.98. The third-order valence-corrected chi connectivity index (χ3v) is 6.38. The van der Waals surface area contributed by atoms with E-state index in [0.29, 0.717) is 41.0 Å². The number of carboxylic acids is 1. The summed E-state index contributed by atoms with van der Waals surface area (Å²) in [5.74, 6) is -0.282. The molecule has 190 valence electrons. The lowest BCUT2D eigenvalue weighted by Crippen LogP contribution is -2.22. The van der Waals surface area contributed by atoms with Gasteiger partial charge in [0, 0.05) is 29.1 Å². The predicted molar refractivity (Wildman–Crippen MR) is 144 cm³/mol. The van der Waals surface area contributed by atoms with Gasteiger partial charge in [0.05, 0.1) is 29.5 Å². The van der Waals surface area contributed by atoms with Crippen molar-refractivity contribution in [1.82, 2.24) is 15.3 Å². The molecule has 0 bridgehead atoms. The number of ether oxygens (including phenoxy) is 1. The van der Waals surface area contributed by atoms with Gasteiger partial charge in [-0.05, 0) is 66.8 Å². The van der Waals surface area contributed by atoms with Crippen LogP contribution in [0.5, 0.6) is 5.75 Å². The molecule has 0 radical (unpaired) electrons. The summed E-state index contributed by atoms with van der Waals surface area (Å²) >= 11 is 6.08. The highest BCUT2D eigenvalue weighted by Crippen LogP contribution is 2.27. The van der Waals surface area contributed by atoms with Gasteiger partial charge in [-0.1, -0.05) is 42.8 Å². The van der Waals surface area contributed by atoms with Gasteiger partial charge in [0.2, 0.25) is 0 Å². The highest BCUT2D eigenvalue weighted by Gasteiger charge is 2.16. The van der Waals surface area contributed by atoms with Gasteiger partial charge in [-0.25, -0.2) is 9.97 Å². The molecular formula is C29H28ClN3O4. The van der Waals surface area contributed by atoms with Crippen LogP contribution < -0.4 is 10.1 Å². The van der Waals surface area contributed by atoms with Gasteiger partial charge in [-0.15, -0.1) is 0 Å². The molecule has 0 spiro atoms. The number of aliphatic carboxylic acids is 1. The number of rotatable bonds is 10. The molecule has 4 rings (SSSR count). The Morgan fingerprint density at radius 3 is 2.41 bits per heavy atom. The first-order valence-corrected chi connectivity index (χ1v) is 12.4. The molecular weight excluding hydrogens is 490 g/mol. The van der Waals surface area contributed by atoms with Gasteiger partial charge < -0.3 is 15.2 Å². The zero-order chi connectivity index (χ0) is 26.4. The number of benzene rings is 3. The largest absolute Gasteiger partial charge is 0.497 e. The first-order chi connectivity index (χ1) is 17.8. The Hall–Kier alpha value is -3.97. The molecule has 1 heterocycles. The zero-order valence-corrected chi connectivity index (χ0v) is 21.5. The fourth-order valence-corrected chi connectivity index (χ4v) is 4.18. The van der Waals surface area contributed by atoms with Crippen LogP contribution in [-0.4, -0.2) is 34.1 Å². The molecule has 1 unspecified atom stereocenters. The van der Waals surface area contributed by atoms with Crippen molar-refractivity contribution >= 4 is 34.5 Å². The van der Waals surface area contributed by atoms with Crippen LogP contribution in [0.1, 0.15) is 41.4 Å².